The zero-order chi connectivity index (χ0) is 12.3. The highest BCUT2D eigenvalue weighted by atomic mass is 19.4. The van der Waals surface area contributed by atoms with Crippen LogP contribution in [0, 0.1) is 6.92 Å². The number of nitrogens with zero attached hydrogens (tertiary/aromatic N) is 3. The molecule has 0 atom stereocenters. The second-order valence-corrected chi connectivity index (χ2v) is 2.99. The minimum Gasteiger partial charge on any atom is -0.460 e. The lowest BCUT2D eigenvalue weighted by atomic mass is 10.5. The van der Waals surface area contributed by atoms with Crippen LogP contribution in [0.1, 0.15) is 23.4 Å². The number of aromatic nitrogens is 3. The summed E-state index contributed by atoms with van der Waals surface area (Å²) in [4.78, 5) is 11.3. The van der Waals surface area contributed by atoms with E-state index in [0.717, 1.165) is 0 Å². The minimum absolute atomic E-state index is 0.0142. The maximum absolute atomic E-state index is 12.2. The Balaban J connectivity index is 2.98. The number of halogens is 3. The summed E-state index contributed by atoms with van der Waals surface area (Å²) in [5.74, 6) is -1.33. The van der Waals surface area contributed by atoms with Gasteiger partial charge in [0.05, 0.1) is 6.61 Å². The second kappa shape index (κ2) is 4.50. The molecule has 0 fully saturated rings. The Morgan fingerprint density at radius 3 is 2.56 bits per heavy atom. The molecule has 0 N–H and O–H groups in total. The van der Waals surface area contributed by atoms with Crippen LogP contribution >= 0.6 is 0 Å². The van der Waals surface area contributed by atoms with Gasteiger partial charge in [-0.05, 0) is 13.8 Å². The van der Waals surface area contributed by atoms with Gasteiger partial charge in [0, 0.05) is 0 Å². The summed E-state index contributed by atoms with van der Waals surface area (Å²) < 4.78 is 41.8. The Kier molecular flexibility index (Phi) is 3.51. The van der Waals surface area contributed by atoms with E-state index in [1.165, 1.54) is 6.92 Å². The topological polar surface area (TPSA) is 57.0 Å². The Bertz CT molecular complexity index is 386. The zero-order valence-electron chi connectivity index (χ0n) is 8.71. The number of carbonyl (C=O) groups excluding carboxylic acids is 1. The molecule has 1 aromatic heterocycles. The third kappa shape index (κ3) is 2.94. The number of aryl methyl sites for hydroxylation is 1. The predicted octanol–water partition coefficient (Wildman–Crippen LogP) is 1.33. The number of carbonyl (C=O) groups is 1. The third-order valence-electron chi connectivity index (χ3n) is 1.73. The van der Waals surface area contributed by atoms with E-state index in [4.69, 9.17) is 0 Å². The SMILES string of the molecule is CCOC(=O)c1nnc(C)n1CC(F)(F)F. The average Bonchev–Trinajstić information content (AvgIpc) is 2.46. The Morgan fingerprint density at radius 1 is 1.44 bits per heavy atom. The number of esters is 1. The van der Waals surface area contributed by atoms with Crippen LogP contribution in [-0.2, 0) is 11.3 Å². The number of hydrogen-bond donors (Lipinski definition) is 0. The molecule has 0 aliphatic carbocycles. The van der Waals surface area contributed by atoms with Crippen molar-refractivity contribution in [3.8, 4) is 0 Å². The Labute approximate surface area is 89.2 Å². The van der Waals surface area contributed by atoms with Crippen molar-refractivity contribution in [3.63, 3.8) is 0 Å². The van der Waals surface area contributed by atoms with Crippen molar-refractivity contribution in [2.24, 2.45) is 0 Å². The van der Waals surface area contributed by atoms with Gasteiger partial charge in [-0.15, -0.1) is 10.2 Å². The van der Waals surface area contributed by atoms with E-state index in [2.05, 4.69) is 14.9 Å². The summed E-state index contributed by atoms with van der Waals surface area (Å²) in [6.45, 7) is 1.65. The Hall–Kier alpha value is -1.60. The summed E-state index contributed by atoms with van der Waals surface area (Å²) in [6.07, 6.45) is -4.44. The van der Waals surface area contributed by atoms with Crippen LogP contribution in [0.25, 0.3) is 0 Å². The molecule has 0 radical (unpaired) electrons. The number of hydrogen-bond acceptors (Lipinski definition) is 4. The van der Waals surface area contributed by atoms with Gasteiger partial charge in [0.25, 0.3) is 0 Å². The maximum atomic E-state index is 12.2. The first kappa shape index (κ1) is 12.5. The standard InChI is InChI=1S/C8H10F3N3O2/c1-3-16-7(15)6-13-12-5(2)14(6)4-8(9,10)11/h3-4H2,1-2H3. The molecule has 0 saturated heterocycles. The lowest BCUT2D eigenvalue weighted by molar-refractivity contribution is -0.141. The molecule has 0 aliphatic heterocycles. The molecule has 0 unspecified atom stereocenters. The van der Waals surface area contributed by atoms with Crippen LogP contribution in [0.5, 0.6) is 0 Å². The van der Waals surface area contributed by atoms with Gasteiger partial charge in [0.1, 0.15) is 12.4 Å². The van der Waals surface area contributed by atoms with Gasteiger partial charge < -0.3 is 4.74 Å². The monoisotopic (exact) mass is 237 g/mol. The van der Waals surface area contributed by atoms with Crippen molar-refractivity contribution in [3.05, 3.63) is 11.6 Å². The van der Waals surface area contributed by atoms with Gasteiger partial charge in [-0.25, -0.2) is 4.79 Å². The molecule has 0 spiro atoms. The van der Waals surface area contributed by atoms with Gasteiger partial charge in [-0.3, -0.25) is 4.57 Å². The fourth-order valence-corrected chi connectivity index (χ4v) is 1.10. The Morgan fingerprint density at radius 2 is 2.06 bits per heavy atom. The number of rotatable bonds is 3. The van der Waals surface area contributed by atoms with Crippen LogP contribution in [0.4, 0.5) is 13.2 Å². The first-order chi connectivity index (χ1) is 7.35. The highest BCUT2D eigenvalue weighted by Gasteiger charge is 2.32. The third-order valence-corrected chi connectivity index (χ3v) is 1.73. The summed E-state index contributed by atoms with van der Waals surface area (Å²) in [5, 5.41) is 6.77. The molecule has 5 nitrogen and oxygen atoms in total. The first-order valence-electron chi connectivity index (χ1n) is 4.49. The average molecular weight is 237 g/mol. The summed E-state index contributed by atoms with van der Waals surface area (Å²) >= 11 is 0. The summed E-state index contributed by atoms with van der Waals surface area (Å²) in [5.41, 5.74) is 0. The van der Waals surface area contributed by atoms with E-state index >= 15 is 0 Å². The summed E-state index contributed by atoms with van der Waals surface area (Å²) in [6, 6.07) is 0. The fraction of sp³-hybridized carbons (Fsp3) is 0.625. The fourth-order valence-electron chi connectivity index (χ4n) is 1.10. The molecular formula is C8H10F3N3O2. The van der Waals surface area contributed by atoms with E-state index in [0.29, 0.717) is 4.57 Å². The van der Waals surface area contributed by atoms with Crippen LogP contribution in [0.2, 0.25) is 0 Å². The van der Waals surface area contributed by atoms with E-state index in [1.807, 2.05) is 0 Å². The van der Waals surface area contributed by atoms with Crippen molar-refractivity contribution in [2.45, 2.75) is 26.6 Å². The number of alkyl halides is 3. The van der Waals surface area contributed by atoms with Gasteiger partial charge >= 0.3 is 12.1 Å². The van der Waals surface area contributed by atoms with Gasteiger partial charge in [-0.1, -0.05) is 0 Å². The molecule has 0 aromatic carbocycles. The molecule has 0 aliphatic rings. The lowest BCUT2D eigenvalue weighted by Gasteiger charge is -2.10. The van der Waals surface area contributed by atoms with Gasteiger partial charge in [-0.2, -0.15) is 13.2 Å². The van der Waals surface area contributed by atoms with Gasteiger partial charge in [0.2, 0.25) is 5.82 Å². The maximum Gasteiger partial charge on any atom is 0.406 e. The van der Waals surface area contributed by atoms with Crippen LogP contribution < -0.4 is 0 Å². The second-order valence-electron chi connectivity index (χ2n) is 2.99. The molecule has 16 heavy (non-hydrogen) atoms. The highest BCUT2D eigenvalue weighted by molar-refractivity contribution is 5.85. The molecule has 1 aromatic rings. The van der Waals surface area contributed by atoms with E-state index in [1.54, 1.807) is 6.92 Å². The molecule has 1 rings (SSSR count). The van der Waals surface area contributed by atoms with Crippen LogP contribution in [-0.4, -0.2) is 33.5 Å². The van der Waals surface area contributed by atoms with Crippen molar-refractivity contribution >= 4 is 5.97 Å². The molecule has 90 valence electrons. The van der Waals surface area contributed by atoms with E-state index in [-0.39, 0.29) is 12.4 Å². The molecule has 0 saturated carbocycles. The van der Waals surface area contributed by atoms with Gasteiger partial charge in [0.15, 0.2) is 0 Å². The first-order valence-corrected chi connectivity index (χ1v) is 4.49. The molecular weight excluding hydrogens is 227 g/mol. The molecule has 8 heteroatoms. The normalized spacial score (nSPS) is 11.6. The van der Waals surface area contributed by atoms with Crippen LogP contribution in [0.3, 0.4) is 0 Å². The van der Waals surface area contributed by atoms with Crippen molar-refractivity contribution in [2.75, 3.05) is 6.61 Å². The van der Waals surface area contributed by atoms with E-state index < -0.39 is 24.5 Å². The molecule has 0 amide bonds. The molecule has 0 bridgehead atoms. The smallest absolute Gasteiger partial charge is 0.406 e. The molecule has 1 heterocycles. The number of ether oxygens (including phenoxy) is 1. The van der Waals surface area contributed by atoms with Crippen molar-refractivity contribution in [1.29, 1.82) is 0 Å². The minimum atomic E-state index is -4.44. The van der Waals surface area contributed by atoms with E-state index in [9.17, 15) is 18.0 Å². The predicted molar refractivity (Wildman–Crippen MR) is 46.8 cm³/mol. The van der Waals surface area contributed by atoms with Crippen LogP contribution in [0.15, 0.2) is 0 Å². The zero-order valence-corrected chi connectivity index (χ0v) is 8.71. The lowest BCUT2D eigenvalue weighted by Crippen LogP contribution is -2.23. The van der Waals surface area contributed by atoms with Crippen molar-refractivity contribution in [1.82, 2.24) is 14.8 Å². The quantitative estimate of drug-likeness (QED) is 0.744. The summed E-state index contributed by atoms with van der Waals surface area (Å²) in [7, 11) is 0. The van der Waals surface area contributed by atoms with Crippen molar-refractivity contribution < 1.29 is 22.7 Å². The largest absolute Gasteiger partial charge is 0.460 e. The highest BCUT2D eigenvalue weighted by Crippen LogP contribution is 2.19.